The van der Waals surface area contributed by atoms with Crippen LogP contribution in [0, 0.1) is 0 Å². The van der Waals surface area contributed by atoms with Crippen LogP contribution in [-0.2, 0) is 11.3 Å². The summed E-state index contributed by atoms with van der Waals surface area (Å²) in [7, 11) is 0. The number of carboxylic acid groups (broad SMARTS) is 1. The minimum Gasteiger partial charge on any atom is -0.480 e. The average Bonchev–Trinajstić information content (AvgIpc) is 2.43. The molecule has 1 aromatic carbocycles. The first kappa shape index (κ1) is 15.0. The maximum atomic E-state index is 11.2. The lowest BCUT2D eigenvalue weighted by molar-refractivity contribution is -0.145. The quantitative estimate of drug-likeness (QED) is 0.825. The number of rotatable bonds is 5. The van der Waals surface area contributed by atoms with Crippen LogP contribution >= 0.6 is 0 Å². The molecule has 0 radical (unpaired) electrons. The van der Waals surface area contributed by atoms with Gasteiger partial charge in [0.05, 0.1) is 0 Å². The van der Waals surface area contributed by atoms with Gasteiger partial charge in [-0.15, -0.1) is 0 Å². The van der Waals surface area contributed by atoms with Crippen LogP contribution in [0.25, 0.3) is 0 Å². The van der Waals surface area contributed by atoms with E-state index >= 15 is 0 Å². The standard InChI is InChI=1S/C15H23N3O2/c1-12-10-17(11-13-5-3-2-4-6-13)7-8-18(12)14(9-16)15(19)20/h2-6,12,14H,7-11,16H2,1H3,(H,19,20)/t12?,14-/m0/s1. The molecule has 2 rings (SSSR count). The predicted molar refractivity (Wildman–Crippen MR) is 78.4 cm³/mol. The molecular weight excluding hydrogens is 254 g/mol. The van der Waals surface area contributed by atoms with E-state index in [9.17, 15) is 9.90 Å². The molecule has 0 spiro atoms. The fourth-order valence-electron chi connectivity index (χ4n) is 2.87. The molecule has 1 heterocycles. The molecule has 1 fully saturated rings. The van der Waals surface area contributed by atoms with Gasteiger partial charge in [-0.05, 0) is 12.5 Å². The summed E-state index contributed by atoms with van der Waals surface area (Å²) in [5.74, 6) is -0.823. The van der Waals surface area contributed by atoms with Crippen molar-refractivity contribution in [2.24, 2.45) is 5.73 Å². The van der Waals surface area contributed by atoms with Gasteiger partial charge in [0.25, 0.3) is 0 Å². The molecule has 5 nitrogen and oxygen atoms in total. The van der Waals surface area contributed by atoms with Crippen molar-refractivity contribution >= 4 is 5.97 Å². The second-order valence-corrected chi connectivity index (χ2v) is 5.40. The van der Waals surface area contributed by atoms with E-state index in [1.165, 1.54) is 5.56 Å². The molecule has 0 aliphatic carbocycles. The van der Waals surface area contributed by atoms with Crippen molar-refractivity contribution in [2.75, 3.05) is 26.2 Å². The number of carboxylic acids is 1. The lowest BCUT2D eigenvalue weighted by atomic mass is 10.1. The number of benzene rings is 1. The minimum atomic E-state index is -0.823. The molecular formula is C15H23N3O2. The van der Waals surface area contributed by atoms with E-state index in [1.807, 2.05) is 23.1 Å². The highest BCUT2D eigenvalue weighted by Gasteiger charge is 2.32. The summed E-state index contributed by atoms with van der Waals surface area (Å²) < 4.78 is 0. The summed E-state index contributed by atoms with van der Waals surface area (Å²) in [6.07, 6.45) is 0. The number of hydrogen-bond acceptors (Lipinski definition) is 4. The number of nitrogens with zero attached hydrogens (tertiary/aromatic N) is 2. The van der Waals surface area contributed by atoms with Crippen LogP contribution in [0.3, 0.4) is 0 Å². The topological polar surface area (TPSA) is 69.8 Å². The Kier molecular flexibility index (Phi) is 5.11. The van der Waals surface area contributed by atoms with Crippen LogP contribution in [-0.4, -0.2) is 59.1 Å². The average molecular weight is 277 g/mol. The molecule has 20 heavy (non-hydrogen) atoms. The van der Waals surface area contributed by atoms with Crippen molar-refractivity contribution in [3.8, 4) is 0 Å². The summed E-state index contributed by atoms with van der Waals surface area (Å²) in [6.45, 7) is 5.66. The van der Waals surface area contributed by atoms with Gasteiger partial charge >= 0.3 is 5.97 Å². The normalized spacial score (nSPS) is 22.6. The van der Waals surface area contributed by atoms with Crippen molar-refractivity contribution in [2.45, 2.75) is 25.6 Å². The molecule has 3 N–H and O–H groups in total. The van der Waals surface area contributed by atoms with Gasteiger partial charge in [0.15, 0.2) is 0 Å². The Morgan fingerprint density at radius 1 is 1.40 bits per heavy atom. The van der Waals surface area contributed by atoms with Gasteiger partial charge in [0, 0.05) is 38.8 Å². The Bertz CT molecular complexity index is 438. The fourth-order valence-corrected chi connectivity index (χ4v) is 2.87. The van der Waals surface area contributed by atoms with Crippen LogP contribution in [0.4, 0.5) is 0 Å². The zero-order valence-corrected chi connectivity index (χ0v) is 11.9. The Labute approximate surface area is 120 Å². The summed E-state index contributed by atoms with van der Waals surface area (Å²) in [4.78, 5) is 15.6. The Balaban J connectivity index is 1.93. The third-order valence-electron chi connectivity index (χ3n) is 3.92. The number of piperazine rings is 1. The van der Waals surface area contributed by atoms with Gasteiger partial charge in [-0.2, -0.15) is 0 Å². The van der Waals surface area contributed by atoms with Gasteiger partial charge in [-0.3, -0.25) is 14.6 Å². The zero-order valence-electron chi connectivity index (χ0n) is 11.9. The molecule has 1 aliphatic heterocycles. The predicted octanol–water partition coefficient (Wildman–Crippen LogP) is 0.605. The highest BCUT2D eigenvalue weighted by atomic mass is 16.4. The molecule has 2 atom stereocenters. The molecule has 1 saturated heterocycles. The summed E-state index contributed by atoms with van der Waals surface area (Å²) in [5.41, 5.74) is 6.88. The van der Waals surface area contributed by atoms with Crippen LogP contribution in [0.15, 0.2) is 30.3 Å². The summed E-state index contributed by atoms with van der Waals surface area (Å²) in [6, 6.07) is 9.99. The fraction of sp³-hybridized carbons (Fsp3) is 0.533. The second kappa shape index (κ2) is 6.83. The third kappa shape index (κ3) is 3.56. The molecule has 5 heteroatoms. The number of carbonyl (C=O) groups is 1. The number of aliphatic carboxylic acids is 1. The third-order valence-corrected chi connectivity index (χ3v) is 3.92. The summed E-state index contributed by atoms with van der Waals surface area (Å²) in [5, 5.41) is 9.21. The Hall–Kier alpha value is -1.43. The summed E-state index contributed by atoms with van der Waals surface area (Å²) >= 11 is 0. The number of hydrogen-bond donors (Lipinski definition) is 2. The second-order valence-electron chi connectivity index (χ2n) is 5.40. The van der Waals surface area contributed by atoms with Gasteiger partial charge in [0.1, 0.15) is 6.04 Å². The van der Waals surface area contributed by atoms with Crippen molar-refractivity contribution in [1.82, 2.24) is 9.80 Å². The van der Waals surface area contributed by atoms with Crippen LogP contribution in [0.5, 0.6) is 0 Å². The van der Waals surface area contributed by atoms with E-state index in [2.05, 4.69) is 24.0 Å². The zero-order chi connectivity index (χ0) is 14.5. The van der Waals surface area contributed by atoms with Crippen molar-refractivity contribution in [3.63, 3.8) is 0 Å². The maximum absolute atomic E-state index is 11.2. The first-order valence-electron chi connectivity index (χ1n) is 7.06. The SMILES string of the molecule is CC1CN(Cc2ccccc2)CCN1[C@@H](CN)C(=O)O. The van der Waals surface area contributed by atoms with Crippen molar-refractivity contribution < 1.29 is 9.90 Å². The van der Waals surface area contributed by atoms with E-state index in [1.54, 1.807) is 0 Å². The van der Waals surface area contributed by atoms with E-state index in [4.69, 9.17) is 5.73 Å². The first-order chi connectivity index (χ1) is 9.61. The highest BCUT2D eigenvalue weighted by Crippen LogP contribution is 2.15. The van der Waals surface area contributed by atoms with Gasteiger partial charge in [-0.1, -0.05) is 30.3 Å². The lowest BCUT2D eigenvalue weighted by Gasteiger charge is -2.42. The van der Waals surface area contributed by atoms with Gasteiger partial charge in [0.2, 0.25) is 0 Å². The highest BCUT2D eigenvalue weighted by molar-refractivity contribution is 5.73. The van der Waals surface area contributed by atoms with E-state index in [-0.39, 0.29) is 12.6 Å². The van der Waals surface area contributed by atoms with Gasteiger partial charge < -0.3 is 10.8 Å². The molecule has 1 aliphatic rings. The minimum absolute atomic E-state index is 0.165. The first-order valence-corrected chi connectivity index (χ1v) is 7.06. The lowest BCUT2D eigenvalue weighted by Crippen LogP contribution is -2.59. The smallest absolute Gasteiger partial charge is 0.322 e. The maximum Gasteiger partial charge on any atom is 0.322 e. The van der Waals surface area contributed by atoms with Crippen LogP contribution in [0.1, 0.15) is 12.5 Å². The molecule has 0 aromatic heterocycles. The van der Waals surface area contributed by atoms with E-state index < -0.39 is 12.0 Å². The Morgan fingerprint density at radius 2 is 2.10 bits per heavy atom. The molecule has 110 valence electrons. The molecule has 0 saturated carbocycles. The van der Waals surface area contributed by atoms with Crippen LogP contribution in [0.2, 0.25) is 0 Å². The van der Waals surface area contributed by atoms with Gasteiger partial charge in [-0.25, -0.2) is 0 Å². The monoisotopic (exact) mass is 277 g/mol. The molecule has 0 bridgehead atoms. The van der Waals surface area contributed by atoms with E-state index in [0.717, 1.165) is 26.2 Å². The van der Waals surface area contributed by atoms with E-state index in [0.29, 0.717) is 0 Å². The Morgan fingerprint density at radius 3 is 2.65 bits per heavy atom. The van der Waals surface area contributed by atoms with Crippen molar-refractivity contribution in [1.29, 1.82) is 0 Å². The molecule has 1 unspecified atom stereocenters. The van der Waals surface area contributed by atoms with Crippen LogP contribution < -0.4 is 5.73 Å². The molecule has 1 aromatic rings. The molecule has 0 amide bonds. The number of nitrogens with two attached hydrogens (primary N) is 1. The van der Waals surface area contributed by atoms with Crippen molar-refractivity contribution in [3.05, 3.63) is 35.9 Å². The largest absolute Gasteiger partial charge is 0.480 e.